The van der Waals surface area contributed by atoms with E-state index < -0.39 is 11.7 Å². The highest BCUT2D eigenvalue weighted by Gasteiger charge is 2.34. The van der Waals surface area contributed by atoms with Crippen molar-refractivity contribution < 1.29 is 14.0 Å². The third-order valence-electron chi connectivity index (χ3n) is 4.89. The topological polar surface area (TPSA) is 75.2 Å². The second-order valence-corrected chi connectivity index (χ2v) is 7.89. The Kier molecular flexibility index (Phi) is 5.35. The fraction of sp³-hybridized carbons (Fsp3) is 0.238. The first-order valence-corrected chi connectivity index (χ1v) is 10.1. The van der Waals surface area contributed by atoms with Crippen LogP contribution in [-0.4, -0.2) is 33.5 Å². The van der Waals surface area contributed by atoms with Crippen LogP contribution in [0.15, 0.2) is 48.5 Å². The minimum Gasteiger partial charge on any atom is -0.329 e. The number of halogens is 1. The van der Waals surface area contributed by atoms with Crippen molar-refractivity contribution in [2.24, 2.45) is 0 Å². The van der Waals surface area contributed by atoms with Crippen molar-refractivity contribution in [1.82, 2.24) is 15.1 Å². The molecule has 0 spiro atoms. The van der Waals surface area contributed by atoms with Crippen molar-refractivity contribution in [1.29, 1.82) is 0 Å². The number of benzene rings is 2. The van der Waals surface area contributed by atoms with Gasteiger partial charge in [0.2, 0.25) is 5.01 Å². The molecule has 6 nitrogen and oxygen atoms in total. The highest BCUT2D eigenvalue weighted by molar-refractivity contribution is 7.13. The summed E-state index contributed by atoms with van der Waals surface area (Å²) in [6.07, 6.45) is 1.64. The monoisotopic (exact) mass is 410 g/mol. The van der Waals surface area contributed by atoms with Crippen molar-refractivity contribution in [2.45, 2.75) is 25.8 Å². The van der Waals surface area contributed by atoms with Gasteiger partial charge < -0.3 is 10.2 Å². The molecule has 1 aromatic heterocycles. The lowest BCUT2D eigenvalue weighted by molar-refractivity contribution is 0.0734. The van der Waals surface area contributed by atoms with E-state index in [-0.39, 0.29) is 17.0 Å². The van der Waals surface area contributed by atoms with E-state index in [1.54, 1.807) is 11.0 Å². The molecule has 3 aromatic rings. The molecule has 0 aliphatic carbocycles. The fourth-order valence-electron chi connectivity index (χ4n) is 3.45. The number of carbonyl (C=O) groups excluding carboxylic acids is 2. The Labute approximate surface area is 171 Å². The molecule has 0 unspecified atom stereocenters. The molecule has 1 atom stereocenters. The number of nitrogens with one attached hydrogen (secondary N) is 1. The standard InChI is InChI=1S/C21H19FN4O2S/c1-13-6-2-3-9-16(13)21(28)26-11-5-10-17(26)19-24-25-20(29-19)18(27)23-15-8-4-7-14(22)12-15/h2-4,6-9,12,17H,5,10-11H2,1H3,(H,23,27)/t17-/m0/s1. The van der Waals surface area contributed by atoms with Gasteiger partial charge in [-0.25, -0.2) is 4.39 Å². The van der Waals surface area contributed by atoms with E-state index in [0.29, 0.717) is 22.8 Å². The first kappa shape index (κ1) is 19.2. The first-order valence-electron chi connectivity index (χ1n) is 9.30. The largest absolute Gasteiger partial charge is 0.329 e. The van der Waals surface area contributed by atoms with Gasteiger partial charge in [0.05, 0.1) is 6.04 Å². The summed E-state index contributed by atoms with van der Waals surface area (Å²) in [6, 6.07) is 13.0. The Balaban J connectivity index is 1.51. The molecular weight excluding hydrogens is 391 g/mol. The van der Waals surface area contributed by atoms with E-state index in [4.69, 9.17) is 0 Å². The maximum atomic E-state index is 13.3. The number of hydrogen-bond donors (Lipinski definition) is 1. The average Bonchev–Trinajstić information content (AvgIpc) is 3.37. The molecule has 2 heterocycles. The highest BCUT2D eigenvalue weighted by atomic mass is 32.1. The van der Waals surface area contributed by atoms with Crippen LogP contribution < -0.4 is 5.32 Å². The van der Waals surface area contributed by atoms with Crippen LogP contribution in [0.25, 0.3) is 0 Å². The molecule has 4 rings (SSSR count). The number of carbonyl (C=O) groups is 2. The molecule has 2 aromatic carbocycles. The maximum absolute atomic E-state index is 13.3. The lowest BCUT2D eigenvalue weighted by atomic mass is 10.1. The minimum absolute atomic E-state index is 0.0356. The molecule has 1 N–H and O–H groups in total. The zero-order valence-electron chi connectivity index (χ0n) is 15.8. The third kappa shape index (κ3) is 4.02. The Morgan fingerprint density at radius 1 is 1.17 bits per heavy atom. The smallest absolute Gasteiger partial charge is 0.286 e. The number of rotatable bonds is 4. The van der Waals surface area contributed by atoms with E-state index in [1.165, 1.54) is 18.2 Å². The Bertz CT molecular complexity index is 1070. The number of aromatic nitrogens is 2. The van der Waals surface area contributed by atoms with Crippen LogP contribution in [0, 0.1) is 12.7 Å². The summed E-state index contributed by atoms with van der Waals surface area (Å²) in [5, 5.41) is 11.6. The molecule has 1 saturated heterocycles. The van der Waals surface area contributed by atoms with Gasteiger partial charge in [0.15, 0.2) is 0 Å². The lowest BCUT2D eigenvalue weighted by Gasteiger charge is -2.23. The average molecular weight is 410 g/mol. The summed E-state index contributed by atoms with van der Waals surface area (Å²) < 4.78 is 13.3. The van der Waals surface area contributed by atoms with Crippen LogP contribution in [0.5, 0.6) is 0 Å². The van der Waals surface area contributed by atoms with Gasteiger partial charge in [-0.1, -0.05) is 35.6 Å². The number of hydrogen-bond acceptors (Lipinski definition) is 5. The zero-order chi connectivity index (χ0) is 20.4. The van der Waals surface area contributed by atoms with Crippen LogP contribution in [0.2, 0.25) is 0 Å². The molecule has 8 heteroatoms. The molecule has 1 aliphatic rings. The van der Waals surface area contributed by atoms with Crippen LogP contribution >= 0.6 is 11.3 Å². The SMILES string of the molecule is Cc1ccccc1C(=O)N1CCC[C@H]1c1nnc(C(=O)Nc2cccc(F)c2)s1. The summed E-state index contributed by atoms with van der Waals surface area (Å²) in [5.41, 5.74) is 1.95. The number of amides is 2. The van der Waals surface area contributed by atoms with Gasteiger partial charge in [-0.05, 0) is 49.6 Å². The van der Waals surface area contributed by atoms with Crippen molar-refractivity contribution in [2.75, 3.05) is 11.9 Å². The molecule has 0 radical (unpaired) electrons. The van der Waals surface area contributed by atoms with Gasteiger partial charge in [-0.2, -0.15) is 0 Å². The predicted octanol–water partition coefficient (Wildman–Crippen LogP) is 4.22. The molecule has 1 fully saturated rings. The summed E-state index contributed by atoms with van der Waals surface area (Å²) in [4.78, 5) is 27.3. The van der Waals surface area contributed by atoms with Gasteiger partial charge in [0, 0.05) is 17.8 Å². The maximum Gasteiger partial charge on any atom is 0.286 e. The van der Waals surface area contributed by atoms with E-state index in [2.05, 4.69) is 15.5 Å². The summed E-state index contributed by atoms with van der Waals surface area (Å²) in [5.74, 6) is -0.919. The van der Waals surface area contributed by atoms with E-state index in [0.717, 1.165) is 29.7 Å². The van der Waals surface area contributed by atoms with Gasteiger partial charge >= 0.3 is 0 Å². The number of likely N-dealkylation sites (tertiary alicyclic amines) is 1. The summed E-state index contributed by atoms with van der Waals surface area (Å²) in [6.45, 7) is 2.56. The second kappa shape index (κ2) is 8.08. The molecular formula is C21H19FN4O2S. The molecule has 1 aliphatic heterocycles. The van der Waals surface area contributed by atoms with Crippen molar-refractivity contribution in [3.8, 4) is 0 Å². The Hall–Kier alpha value is -3.13. The summed E-state index contributed by atoms with van der Waals surface area (Å²) >= 11 is 1.16. The normalized spacial score (nSPS) is 16.1. The van der Waals surface area contributed by atoms with Gasteiger partial charge in [-0.15, -0.1) is 10.2 Å². The van der Waals surface area contributed by atoms with Gasteiger partial charge in [-0.3, -0.25) is 9.59 Å². The quantitative estimate of drug-likeness (QED) is 0.699. The number of anilines is 1. The van der Waals surface area contributed by atoms with E-state index >= 15 is 0 Å². The van der Waals surface area contributed by atoms with Crippen LogP contribution in [0.4, 0.5) is 10.1 Å². The van der Waals surface area contributed by atoms with E-state index in [1.807, 2.05) is 31.2 Å². The molecule has 148 valence electrons. The van der Waals surface area contributed by atoms with Crippen LogP contribution in [0.3, 0.4) is 0 Å². The molecule has 29 heavy (non-hydrogen) atoms. The first-order chi connectivity index (χ1) is 14.0. The zero-order valence-corrected chi connectivity index (χ0v) is 16.6. The second-order valence-electron chi connectivity index (χ2n) is 6.88. The van der Waals surface area contributed by atoms with Crippen molar-refractivity contribution >= 4 is 28.8 Å². The molecule has 0 saturated carbocycles. The third-order valence-corrected chi connectivity index (χ3v) is 5.91. The minimum atomic E-state index is -0.450. The number of nitrogens with zero attached hydrogens (tertiary/aromatic N) is 3. The molecule has 0 bridgehead atoms. The Morgan fingerprint density at radius 2 is 2.00 bits per heavy atom. The lowest BCUT2D eigenvalue weighted by Crippen LogP contribution is -2.31. The van der Waals surface area contributed by atoms with Crippen molar-refractivity contribution in [3.63, 3.8) is 0 Å². The highest BCUT2D eigenvalue weighted by Crippen LogP contribution is 2.35. The van der Waals surface area contributed by atoms with Crippen molar-refractivity contribution in [3.05, 3.63) is 75.5 Å². The fourth-order valence-corrected chi connectivity index (χ4v) is 4.33. The van der Waals surface area contributed by atoms with Crippen LogP contribution in [-0.2, 0) is 0 Å². The van der Waals surface area contributed by atoms with E-state index in [9.17, 15) is 14.0 Å². The van der Waals surface area contributed by atoms with Crippen LogP contribution in [0.1, 0.15) is 49.6 Å². The summed E-state index contributed by atoms with van der Waals surface area (Å²) in [7, 11) is 0. The molecule has 2 amide bonds. The van der Waals surface area contributed by atoms with Gasteiger partial charge in [0.1, 0.15) is 10.8 Å². The Morgan fingerprint density at radius 3 is 2.79 bits per heavy atom. The van der Waals surface area contributed by atoms with Gasteiger partial charge in [0.25, 0.3) is 11.8 Å². The predicted molar refractivity (Wildman–Crippen MR) is 108 cm³/mol. The number of aryl methyl sites for hydroxylation is 1.